The molecule has 0 saturated heterocycles. The third-order valence-electron chi connectivity index (χ3n) is 4.76. The first-order valence-corrected chi connectivity index (χ1v) is 9.01. The van der Waals surface area contributed by atoms with E-state index in [4.69, 9.17) is 4.99 Å². The fourth-order valence-corrected chi connectivity index (χ4v) is 3.50. The minimum absolute atomic E-state index is 0.295. The molecule has 1 saturated carbocycles. The Morgan fingerprint density at radius 3 is 2.73 bits per heavy atom. The number of nitrogens with zero attached hydrogens (tertiary/aromatic N) is 1. The van der Waals surface area contributed by atoms with Crippen molar-refractivity contribution in [1.82, 2.24) is 0 Å². The topological polar surface area (TPSA) is 12.4 Å². The Morgan fingerprint density at radius 2 is 1.88 bits per heavy atom. The molecule has 2 aliphatic carbocycles. The van der Waals surface area contributed by atoms with E-state index in [1.807, 2.05) is 30.5 Å². The molecule has 1 heterocycles. The average Bonchev–Trinajstić information content (AvgIpc) is 2.62. The van der Waals surface area contributed by atoms with Crippen LogP contribution in [0, 0.1) is 5.92 Å². The van der Waals surface area contributed by atoms with Crippen molar-refractivity contribution in [2.75, 3.05) is 0 Å². The predicted octanol–water partition coefficient (Wildman–Crippen LogP) is 6.51. The van der Waals surface area contributed by atoms with Crippen molar-refractivity contribution in [2.45, 2.75) is 19.3 Å². The van der Waals surface area contributed by atoms with E-state index in [0.29, 0.717) is 5.92 Å². The van der Waals surface area contributed by atoms with Crippen LogP contribution in [0.4, 0.5) is 0 Å². The van der Waals surface area contributed by atoms with Crippen LogP contribution in [0.5, 0.6) is 0 Å². The van der Waals surface area contributed by atoms with E-state index < -0.39 is 0 Å². The largest absolute Gasteiger partial charge is 0.261 e. The summed E-state index contributed by atoms with van der Waals surface area (Å²) in [6.45, 7) is 12.1. The highest BCUT2D eigenvalue weighted by atomic mass is 14.7. The lowest BCUT2D eigenvalue weighted by atomic mass is 9.74. The molecule has 0 radical (unpaired) electrons. The molecular formula is C25H25N. The van der Waals surface area contributed by atoms with Crippen LogP contribution in [-0.2, 0) is 0 Å². The van der Waals surface area contributed by atoms with Crippen molar-refractivity contribution in [1.29, 1.82) is 0 Å². The number of fused-ring (bicyclic) bond motifs is 4. The van der Waals surface area contributed by atoms with Gasteiger partial charge in [-0.3, -0.25) is 4.99 Å². The van der Waals surface area contributed by atoms with Crippen molar-refractivity contribution >= 4 is 5.71 Å². The van der Waals surface area contributed by atoms with Gasteiger partial charge in [-0.2, -0.15) is 0 Å². The number of rotatable bonds is 1. The maximum atomic E-state index is 4.79. The molecule has 1 heteroatoms. The maximum Gasteiger partial charge on any atom is 0.0482 e. The second-order valence-electron chi connectivity index (χ2n) is 6.73. The molecule has 26 heavy (non-hydrogen) atoms. The summed E-state index contributed by atoms with van der Waals surface area (Å²) in [6.07, 6.45) is 27.5. The summed E-state index contributed by atoms with van der Waals surface area (Å²) in [4.78, 5) is 4.79. The lowest BCUT2D eigenvalue weighted by Crippen LogP contribution is -2.23. The smallest absolute Gasteiger partial charge is 0.0482 e. The molecule has 1 aliphatic heterocycles. The molecule has 1 atom stereocenters. The van der Waals surface area contributed by atoms with Crippen LogP contribution in [0.1, 0.15) is 19.3 Å². The number of allylic oxidation sites excluding steroid dienone is 16. The van der Waals surface area contributed by atoms with Gasteiger partial charge in [0.1, 0.15) is 0 Å². The first-order chi connectivity index (χ1) is 12.7. The Morgan fingerprint density at radius 1 is 1.04 bits per heavy atom. The fourth-order valence-electron chi connectivity index (χ4n) is 3.50. The molecule has 0 amide bonds. The molecule has 0 aromatic heterocycles. The second kappa shape index (κ2) is 8.44. The van der Waals surface area contributed by atoms with E-state index in [1.165, 1.54) is 16.7 Å². The molecule has 1 nitrogen and oxygen atoms in total. The zero-order valence-corrected chi connectivity index (χ0v) is 15.2. The first-order valence-electron chi connectivity index (χ1n) is 9.01. The molecule has 2 bridgehead atoms. The Bertz CT molecular complexity index is 860. The van der Waals surface area contributed by atoms with Crippen molar-refractivity contribution < 1.29 is 0 Å². The number of hydrogen-bond acceptors (Lipinski definition) is 1. The van der Waals surface area contributed by atoms with Gasteiger partial charge in [-0.1, -0.05) is 85.6 Å². The van der Waals surface area contributed by atoms with Crippen LogP contribution >= 0.6 is 0 Å². The van der Waals surface area contributed by atoms with E-state index in [0.717, 1.165) is 36.1 Å². The third kappa shape index (κ3) is 4.37. The highest BCUT2D eigenvalue weighted by Gasteiger charge is 2.29. The van der Waals surface area contributed by atoms with E-state index in [2.05, 4.69) is 62.3 Å². The van der Waals surface area contributed by atoms with E-state index in [9.17, 15) is 0 Å². The van der Waals surface area contributed by atoms with E-state index in [1.54, 1.807) is 0 Å². The number of aliphatic imine (C=N–C) groups is 1. The van der Waals surface area contributed by atoms with Crippen LogP contribution < -0.4 is 0 Å². The third-order valence-corrected chi connectivity index (χ3v) is 4.76. The number of hydrogen-bond donors (Lipinski definition) is 0. The van der Waals surface area contributed by atoms with Crippen molar-refractivity contribution in [2.24, 2.45) is 10.9 Å². The quantitative estimate of drug-likeness (QED) is 0.516. The van der Waals surface area contributed by atoms with Gasteiger partial charge in [0.05, 0.1) is 0 Å². The van der Waals surface area contributed by atoms with Gasteiger partial charge in [0.25, 0.3) is 0 Å². The van der Waals surface area contributed by atoms with Crippen LogP contribution in [0.25, 0.3) is 0 Å². The van der Waals surface area contributed by atoms with Gasteiger partial charge >= 0.3 is 0 Å². The minimum Gasteiger partial charge on any atom is -0.261 e. The molecule has 1 unspecified atom stereocenters. The lowest BCUT2D eigenvalue weighted by Gasteiger charge is -2.31. The zero-order chi connectivity index (χ0) is 18.4. The molecule has 0 spiro atoms. The molecule has 0 aromatic rings. The molecule has 3 rings (SSSR count). The van der Waals surface area contributed by atoms with Crippen molar-refractivity contribution in [3.05, 3.63) is 121 Å². The Kier molecular flexibility index (Phi) is 5.80. The van der Waals surface area contributed by atoms with Gasteiger partial charge in [-0.25, -0.2) is 0 Å². The molecule has 0 aromatic carbocycles. The van der Waals surface area contributed by atoms with E-state index in [-0.39, 0.29) is 0 Å². The fraction of sp³-hybridized carbons (Fsp3) is 0.160. The summed E-state index contributed by atoms with van der Waals surface area (Å²) in [5.41, 5.74) is 7.07. The van der Waals surface area contributed by atoms with Crippen molar-refractivity contribution in [3.8, 4) is 0 Å². The van der Waals surface area contributed by atoms with Gasteiger partial charge in [0.15, 0.2) is 0 Å². The van der Waals surface area contributed by atoms with Crippen LogP contribution in [-0.4, -0.2) is 5.71 Å². The standard InChI is InChI=1S/C25H25N/c1-4-9-22-13-7-5-6-10-20(3)16-24-23(22)17-21-12-8-11-19(2)14-15-26-25(24)18-21/h4-12,14-16,23H,1-3,13,17-18H2/b7-5-,10-6-,11-8-,15-14-,21-12-,22-9-,24-16?,26-25?. The molecule has 1 fully saturated rings. The van der Waals surface area contributed by atoms with Gasteiger partial charge < -0.3 is 0 Å². The van der Waals surface area contributed by atoms with Crippen LogP contribution in [0.2, 0.25) is 0 Å². The summed E-state index contributed by atoms with van der Waals surface area (Å²) in [5.74, 6) is 0.295. The van der Waals surface area contributed by atoms with Crippen LogP contribution in [0.3, 0.4) is 0 Å². The van der Waals surface area contributed by atoms with Crippen LogP contribution in [0.15, 0.2) is 126 Å². The van der Waals surface area contributed by atoms with Gasteiger partial charge in [-0.15, -0.1) is 0 Å². The first kappa shape index (κ1) is 17.9. The monoisotopic (exact) mass is 339 g/mol. The molecule has 130 valence electrons. The second-order valence-corrected chi connectivity index (χ2v) is 6.73. The Hall–Kier alpha value is -2.93. The summed E-state index contributed by atoms with van der Waals surface area (Å²) >= 11 is 0. The minimum atomic E-state index is 0.295. The highest BCUT2D eigenvalue weighted by Crippen LogP contribution is 2.39. The van der Waals surface area contributed by atoms with Gasteiger partial charge in [0.2, 0.25) is 0 Å². The molecule has 0 N–H and O–H groups in total. The van der Waals surface area contributed by atoms with Gasteiger partial charge in [-0.05, 0) is 41.7 Å². The molecule has 3 aliphatic rings. The lowest BCUT2D eigenvalue weighted by molar-refractivity contribution is 0.678. The SMILES string of the molecule is C=C/C=C1/C/C=C\C=C/C(=C)C=C2C3=N/C=C\C(=C)/C=C\C=C(/C3)CC21. The van der Waals surface area contributed by atoms with E-state index >= 15 is 0 Å². The molecular weight excluding hydrogens is 314 g/mol. The summed E-state index contributed by atoms with van der Waals surface area (Å²) in [5, 5.41) is 0. The summed E-state index contributed by atoms with van der Waals surface area (Å²) < 4.78 is 0. The normalized spacial score (nSPS) is 31.5. The Labute approximate surface area is 156 Å². The average molecular weight is 339 g/mol. The van der Waals surface area contributed by atoms with Gasteiger partial charge in [0, 0.05) is 24.3 Å². The summed E-state index contributed by atoms with van der Waals surface area (Å²) in [7, 11) is 0. The highest BCUT2D eigenvalue weighted by molar-refractivity contribution is 6.04. The zero-order valence-electron chi connectivity index (χ0n) is 15.2. The maximum absolute atomic E-state index is 4.79. The summed E-state index contributed by atoms with van der Waals surface area (Å²) in [6, 6.07) is 0. The predicted molar refractivity (Wildman–Crippen MR) is 114 cm³/mol. The van der Waals surface area contributed by atoms with Crippen molar-refractivity contribution in [3.63, 3.8) is 0 Å². The Balaban J connectivity index is 2.15.